The number of carbonyl (C=O) groups excluding carboxylic acids is 1. The number of amides is 1. The Labute approximate surface area is 161 Å². The number of hydrogen-bond acceptors (Lipinski definition) is 4. The number of rotatable bonds is 5. The van der Waals surface area contributed by atoms with Gasteiger partial charge in [0.15, 0.2) is 0 Å². The first-order valence-electron chi connectivity index (χ1n) is 10.1. The number of carbonyl (C=O) groups is 1. The van der Waals surface area contributed by atoms with E-state index >= 15 is 0 Å². The van der Waals surface area contributed by atoms with E-state index in [9.17, 15) is 4.79 Å². The zero-order chi connectivity index (χ0) is 18.7. The number of benzene rings is 1. The van der Waals surface area contributed by atoms with Crippen molar-refractivity contribution in [3.63, 3.8) is 0 Å². The van der Waals surface area contributed by atoms with Crippen LogP contribution in [0.4, 0.5) is 5.95 Å². The summed E-state index contributed by atoms with van der Waals surface area (Å²) < 4.78 is 0. The van der Waals surface area contributed by atoms with E-state index in [1.165, 1.54) is 11.1 Å². The molecule has 1 atom stereocenters. The Morgan fingerprint density at radius 2 is 2.04 bits per heavy atom. The van der Waals surface area contributed by atoms with E-state index in [1.807, 2.05) is 12.3 Å². The fourth-order valence-electron chi connectivity index (χ4n) is 4.71. The lowest BCUT2D eigenvalue weighted by Gasteiger charge is -2.40. The van der Waals surface area contributed by atoms with Gasteiger partial charge in [-0.2, -0.15) is 0 Å². The standard InChI is InChI=1S/C22H28N4O/c23-21-24-15-18-11-13-22(20(18)25-21)12-6-14-26(16-22)19(27)10-5-4-9-17-7-2-1-3-8-17/h1-3,7-8,15H,4-6,9-14,16H2,(H2,23,24,25). The second-order valence-electron chi connectivity index (χ2n) is 7.99. The number of aromatic nitrogens is 2. The molecule has 5 nitrogen and oxygen atoms in total. The highest BCUT2D eigenvalue weighted by Gasteiger charge is 2.44. The van der Waals surface area contributed by atoms with Crippen LogP contribution >= 0.6 is 0 Å². The van der Waals surface area contributed by atoms with Crippen LogP contribution in [0.2, 0.25) is 0 Å². The van der Waals surface area contributed by atoms with E-state index in [-0.39, 0.29) is 11.3 Å². The van der Waals surface area contributed by atoms with E-state index in [1.54, 1.807) is 0 Å². The van der Waals surface area contributed by atoms with E-state index in [4.69, 9.17) is 5.73 Å². The fraction of sp³-hybridized carbons (Fsp3) is 0.500. The van der Waals surface area contributed by atoms with Gasteiger partial charge < -0.3 is 10.6 Å². The predicted octanol–water partition coefficient (Wildman–Crippen LogP) is 3.28. The monoisotopic (exact) mass is 364 g/mol. The van der Waals surface area contributed by atoms with Gasteiger partial charge in [0.2, 0.25) is 11.9 Å². The summed E-state index contributed by atoms with van der Waals surface area (Å²) in [6, 6.07) is 10.5. The molecule has 27 heavy (non-hydrogen) atoms. The number of likely N-dealkylation sites (tertiary alicyclic amines) is 1. The van der Waals surface area contributed by atoms with Gasteiger partial charge in [0.05, 0.1) is 5.69 Å². The first kappa shape index (κ1) is 18.0. The largest absolute Gasteiger partial charge is 0.368 e. The van der Waals surface area contributed by atoms with E-state index in [0.717, 1.165) is 63.7 Å². The number of nitrogen functional groups attached to an aromatic ring is 1. The minimum Gasteiger partial charge on any atom is -0.368 e. The van der Waals surface area contributed by atoms with Crippen LogP contribution in [0, 0.1) is 0 Å². The summed E-state index contributed by atoms with van der Waals surface area (Å²) in [6.45, 7) is 1.66. The summed E-state index contributed by atoms with van der Waals surface area (Å²) in [5.41, 5.74) is 9.48. The average molecular weight is 364 g/mol. The van der Waals surface area contributed by atoms with Crippen molar-refractivity contribution in [3.8, 4) is 0 Å². The second kappa shape index (κ2) is 7.67. The molecule has 2 aromatic rings. The molecule has 1 spiro atoms. The highest BCUT2D eigenvalue weighted by molar-refractivity contribution is 5.76. The maximum Gasteiger partial charge on any atom is 0.222 e. The normalized spacial score (nSPS) is 21.4. The average Bonchev–Trinajstić information content (AvgIpc) is 3.03. The molecule has 142 valence electrons. The Balaban J connectivity index is 1.34. The molecule has 2 aliphatic rings. The Kier molecular flexibility index (Phi) is 5.10. The Morgan fingerprint density at radius 1 is 1.19 bits per heavy atom. The molecule has 1 saturated heterocycles. The number of aryl methyl sites for hydroxylation is 2. The lowest BCUT2D eigenvalue weighted by atomic mass is 9.77. The molecule has 0 radical (unpaired) electrons. The molecule has 1 aromatic carbocycles. The Morgan fingerprint density at radius 3 is 2.89 bits per heavy atom. The van der Waals surface area contributed by atoms with E-state index in [2.05, 4.69) is 39.1 Å². The van der Waals surface area contributed by atoms with Crippen LogP contribution in [-0.4, -0.2) is 33.9 Å². The van der Waals surface area contributed by atoms with Crippen molar-refractivity contribution >= 4 is 11.9 Å². The number of nitrogens with zero attached hydrogens (tertiary/aromatic N) is 3. The number of fused-ring (bicyclic) bond motifs is 2. The summed E-state index contributed by atoms with van der Waals surface area (Å²) in [7, 11) is 0. The van der Waals surface area contributed by atoms with Crippen molar-refractivity contribution in [1.29, 1.82) is 0 Å². The third-order valence-corrected chi connectivity index (χ3v) is 6.14. The van der Waals surface area contributed by atoms with Crippen LogP contribution in [0.1, 0.15) is 55.3 Å². The molecule has 4 rings (SSSR count). The first-order chi connectivity index (χ1) is 13.2. The van der Waals surface area contributed by atoms with E-state index < -0.39 is 0 Å². The SMILES string of the molecule is Nc1ncc2c(n1)C1(CCCN(C(=O)CCCCc3ccccc3)C1)CC2. The minimum atomic E-state index is -0.00958. The van der Waals surface area contributed by atoms with Gasteiger partial charge in [0, 0.05) is 31.1 Å². The van der Waals surface area contributed by atoms with Gasteiger partial charge in [0.1, 0.15) is 0 Å². The van der Waals surface area contributed by atoms with Crippen LogP contribution in [0.25, 0.3) is 0 Å². The smallest absolute Gasteiger partial charge is 0.222 e. The predicted molar refractivity (Wildman–Crippen MR) is 106 cm³/mol. The fourth-order valence-corrected chi connectivity index (χ4v) is 4.71. The van der Waals surface area contributed by atoms with Crippen LogP contribution in [-0.2, 0) is 23.1 Å². The summed E-state index contributed by atoms with van der Waals surface area (Å²) in [5, 5.41) is 0. The molecule has 2 heterocycles. The maximum absolute atomic E-state index is 12.8. The maximum atomic E-state index is 12.8. The number of piperidine rings is 1. The lowest BCUT2D eigenvalue weighted by Crippen LogP contribution is -2.48. The van der Waals surface area contributed by atoms with Crippen molar-refractivity contribution in [2.45, 2.75) is 56.8 Å². The quantitative estimate of drug-likeness (QED) is 0.827. The molecule has 1 amide bonds. The van der Waals surface area contributed by atoms with Gasteiger partial charge in [-0.1, -0.05) is 30.3 Å². The van der Waals surface area contributed by atoms with Crippen LogP contribution < -0.4 is 5.73 Å². The molecule has 5 heteroatoms. The molecular weight excluding hydrogens is 336 g/mol. The molecule has 1 aromatic heterocycles. The second-order valence-corrected chi connectivity index (χ2v) is 7.99. The first-order valence-corrected chi connectivity index (χ1v) is 10.1. The highest BCUT2D eigenvalue weighted by Crippen LogP contribution is 2.44. The minimum absolute atomic E-state index is 0.00958. The van der Waals surface area contributed by atoms with Gasteiger partial charge in [0.25, 0.3) is 0 Å². The Bertz CT molecular complexity index is 803. The molecular formula is C22H28N4O. The van der Waals surface area contributed by atoms with Crippen LogP contribution in [0.5, 0.6) is 0 Å². The number of anilines is 1. The summed E-state index contributed by atoms with van der Waals surface area (Å²) >= 11 is 0. The zero-order valence-corrected chi connectivity index (χ0v) is 15.9. The topological polar surface area (TPSA) is 72.1 Å². The number of hydrogen-bond donors (Lipinski definition) is 1. The number of nitrogens with two attached hydrogens (primary N) is 1. The zero-order valence-electron chi connectivity index (χ0n) is 15.9. The van der Waals surface area contributed by atoms with Crippen LogP contribution in [0.3, 0.4) is 0 Å². The molecule has 1 unspecified atom stereocenters. The molecule has 0 bridgehead atoms. The van der Waals surface area contributed by atoms with Gasteiger partial charge in [-0.3, -0.25) is 4.79 Å². The molecule has 1 fully saturated rings. The molecule has 1 aliphatic heterocycles. The Hall–Kier alpha value is -2.43. The van der Waals surface area contributed by atoms with Gasteiger partial charge in [-0.05, 0) is 56.1 Å². The van der Waals surface area contributed by atoms with Crippen molar-refractivity contribution < 1.29 is 4.79 Å². The molecule has 0 saturated carbocycles. The van der Waals surface area contributed by atoms with Crippen LogP contribution in [0.15, 0.2) is 36.5 Å². The molecule has 1 aliphatic carbocycles. The van der Waals surface area contributed by atoms with Crippen molar-refractivity contribution in [3.05, 3.63) is 53.3 Å². The van der Waals surface area contributed by atoms with Gasteiger partial charge in [-0.25, -0.2) is 9.97 Å². The third-order valence-electron chi connectivity index (χ3n) is 6.14. The highest BCUT2D eigenvalue weighted by atomic mass is 16.2. The molecule has 2 N–H and O–H groups in total. The van der Waals surface area contributed by atoms with Gasteiger partial charge in [-0.15, -0.1) is 0 Å². The van der Waals surface area contributed by atoms with Gasteiger partial charge >= 0.3 is 0 Å². The van der Waals surface area contributed by atoms with E-state index in [0.29, 0.717) is 12.4 Å². The lowest BCUT2D eigenvalue weighted by molar-refractivity contribution is -0.133. The number of unbranched alkanes of at least 4 members (excludes halogenated alkanes) is 1. The summed E-state index contributed by atoms with van der Waals surface area (Å²) in [5.74, 6) is 0.636. The summed E-state index contributed by atoms with van der Waals surface area (Å²) in [6.07, 6.45) is 9.74. The van der Waals surface area contributed by atoms with Crippen molar-refractivity contribution in [2.24, 2.45) is 0 Å². The van der Waals surface area contributed by atoms with Crippen molar-refractivity contribution in [2.75, 3.05) is 18.8 Å². The summed E-state index contributed by atoms with van der Waals surface area (Å²) in [4.78, 5) is 23.6. The third kappa shape index (κ3) is 3.82. The van der Waals surface area contributed by atoms with Crippen molar-refractivity contribution in [1.82, 2.24) is 14.9 Å².